The number of hydrogen-bond acceptors (Lipinski definition) is 3. The van der Waals surface area contributed by atoms with Crippen molar-refractivity contribution in [1.82, 2.24) is 14.8 Å². The smallest absolute Gasteiger partial charge is 0.164 e. The molecular formula is C14H19N3O. The molecule has 2 rings (SSSR count). The second-order valence-corrected chi connectivity index (χ2v) is 4.61. The molecule has 0 saturated heterocycles. The first-order valence-corrected chi connectivity index (χ1v) is 6.08. The van der Waals surface area contributed by atoms with Crippen molar-refractivity contribution in [3.05, 3.63) is 35.2 Å². The van der Waals surface area contributed by atoms with E-state index in [4.69, 9.17) is 4.74 Å². The Morgan fingerprint density at radius 1 is 1.17 bits per heavy atom. The Kier molecular flexibility index (Phi) is 3.77. The number of aromatic nitrogens is 3. The molecule has 2 aromatic rings. The van der Waals surface area contributed by atoms with Crippen LogP contribution in [0.5, 0.6) is 0 Å². The van der Waals surface area contributed by atoms with Crippen molar-refractivity contribution in [2.45, 2.75) is 27.3 Å². The molecule has 1 heterocycles. The monoisotopic (exact) mass is 245 g/mol. The zero-order valence-electron chi connectivity index (χ0n) is 11.4. The molecule has 4 nitrogen and oxygen atoms in total. The van der Waals surface area contributed by atoms with E-state index in [-0.39, 0.29) is 0 Å². The summed E-state index contributed by atoms with van der Waals surface area (Å²) in [5, 5.41) is 8.26. The average molecular weight is 245 g/mol. The van der Waals surface area contributed by atoms with Crippen molar-refractivity contribution in [2.75, 3.05) is 13.7 Å². The number of hydrogen-bond donors (Lipinski definition) is 0. The molecule has 0 saturated carbocycles. The molecule has 0 unspecified atom stereocenters. The highest BCUT2D eigenvalue weighted by atomic mass is 16.5. The molecule has 0 amide bonds. The third kappa shape index (κ3) is 2.43. The molecule has 0 aliphatic rings. The summed E-state index contributed by atoms with van der Waals surface area (Å²) in [5.74, 6) is 0.919. The molecule has 0 fully saturated rings. The van der Waals surface area contributed by atoms with Crippen LogP contribution in [0.2, 0.25) is 0 Å². The van der Waals surface area contributed by atoms with Gasteiger partial charge in [0.15, 0.2) is 5.82 Å². The molecule has 0 atom stereocenters. The zero-order chi connectivity index (χ0) is 13.1. The van der Waals surface area contributed by atoms with Crippen LogP contribution in [0.3, 0.4) is 0 Å². The van der Waals surface area contributed by atoms with E-state index in [1.54, 1.807) is 13.4 Å². The lowest BCUT2D eigenvalue weighted by Crippen LogP contribution is -2.06. The van der Waals surface area contributed by atoms with Gasteiger partial charge in [-0.05, 0) is 31.9 Å². The Morgan fingerprint density at radius 3 is 2.44 bits per heavy atom. The van der Waals surface area contributed by atoms with Crippen molar-refractivity contribution in [3.63, 3.8) is 0 Å². The summed E-state index contributed by atoms with van der Waals surface area (Å²) < 4.78 is 7.15. The van der Waals surface area contributed by atoms with Crippen LogP contribution in [0.25, 0.3) is 11.4 Å². The SMILES string of the molecule is COCCn1cnnc1-c1c(C)cc(C)cc1C. The predicted octanol–water partition coefficient (Wildman–Crippen LogP) is 2.52. The lowest BCUT2D eigenvalue weighted by atomic mass is 9.99. The van der Waals surface area contributed by atoms with E-state index in [0.717, 1.165) is 12.4 Å². The Bertz CT molecular complexity index is 523. The van der Waals surface area contributed by atoms with Crippen LogP contribution in [-0.4, -0.2) is 28.5 Å². The molecule has 0 aliphatic carbocycles. The summed E-state index contributed by atoms with van der Waals surface area (Å²) in [6, 6.07) is 4.36. The van der Waals surface area contributed by atoms with Gasteiger partial charge in [0.25, 0.3) is 0 Å². The summed E-state index contributed by atoms with van der Waals surface area (Å²) in [4.78, 5) is 0. The molecular weight excluding hydrogens is 226 g/mol. The van der Waals surface area contributed by atoms with E-state index >= 15 is 0 Å². The average Bonchev–Trinajstić information content (AvgIpc) is 2.73. The molecule has 1 aromatic carbocycles. The summed E-state index contributed by atoms with van der Waals surface area (Å²) in [6.45, 7) is 7.77. The van der Waals surface area contributed by atoms with Gasteiger partial charge in [-0.1, -0.05) is 17.7 Å². The maximum absolute atomic E-state index is 5.11. The molecule has 0 N–H and O–H groups in total. The summed E-state index contributed by atoms with van der Waals surface area (Å²) in [5.41, 5.74) is 4.92. The van der Waals surface area contributed by atoms with Crippen molar-refractivity contribution < 1.29 is 4.74 Å². The van der Waals surface area contributed by atoms with Gasteiger partial charge < -0.3 is 9.30 Å². The first kappa shape index (κ1) is 12.8. The summed E-state index contributed by atoms with van der Waals surface area (Å²) in [7, 11) is 1.70. The first-order chi connectivity index (χ1) is 8.63. The second-order valence-electron chi connectivity index (χ2n) is 4.61. The van der Waals surface area contributed by atoms with Gasteiger partial charge in [-0.25, -0.2) is 0 Å². The van der Waals surface area contributed by atoms with Gasteiger partial charge in [-0.2, -0.15) is 0 Å². The van der Waals surface area contributed by atoms with E-state index < -0.39 is 0 Å². The summed E-state index contributed by atoms with van der Waals surface area (Å²) >= 11 is 0. The lowest BCUT2D eigenvalue weighted by molar-refractivity contribution is 0.187. The van der Waals surface area contributed by atoms with Gasteiger partial charge in [0.1, 0.15) is 6.33 Å². The third-order valence-corrected chi connectivity index (χ3v) is 3.05. The number of methoxy groups -OCH3 is 1. The van der Waals surface area contributed by atoms with Gasteiger partial charge >= 0.3 is 0 Å². The lowest BCUT2D eigenvalue weighted by Gasteiger charge is -2.12. The number of aryl methyl sites for hydroxylation is 3. The molecule has 0 radical (unpaired) electrons. The molecule has 0 spiro atoms. The van der Waals surface area contributed by atoms with Crippen LogP contribution < -0.4 is 0 Å². The normalized spacial score (nSPS) is 10.9. The quantitative estimate of drug-likeness (QED) is 0.831. The van der Waals surface area contributed by atoms with E-state index in [1.165, 1.54) is 22.3 Å². The molecule has 0 bridgehead atoms. The van der Waals surface area contributed by atoms with Gasteiger partial charge in [0.05, 0.1) is 6.61 Å². The van der Waals surface area contributed by atoms with Crippen molar-refractivity contribution in [2.24, 2.45) is 0 Å². The molecule has 4 heteroatoms. The van der Waals surface area contributed by atoms with E-state index in [1.807, 2.05) is 4.57 Å². The van der Waals surface area contributed by atoms with Gasteiger partial charge in [-0.3, -0.25) is 0 Å². The van der Waals surface area contributed by atoms with Crippen LogP contribution in [0.1, 0.15) is 16.7 Å². The van der Waals surface area contributed by atoms with Crippen molar-refractivity contribution in [3.8, 4) is 11.4 Å². The second kappa shape index (κ2) is 5.31. The van der Waals surface area contributed by atoms with E-state index in [9.17, 15) is 0 Å². The van der Waals surface area contributed by atoms with Crippen LogP contribution in [0, 0.1) is 20.8 Å². The van der Waals surface area contributed by atoms with Gasteiger partial charge in [-0.15, -0.1) is 10.2 Å². The van der Waals surface area contributed by atoms with E-state index in [2.05, 4.69) is 43.1 Å². The Morgan fingerprint density at radius 2 is 1.83 bits per heavy atom. The van der Waals surface area contributed by atoms with Gasteiger partial charge in [0, 0.05) is 19.2 Å². The fourth-order valence-electron chi connectivity index (χ4n) is 2.33. The molecule has 96 valence electrons. The number of ether oxygens (including phenoxy) is 1. The Balaban J connectivity index is 2.46. The minimum Gasteiger partial charge on any atom is -0.383 e. The van der Waals surface area contributed by atoms with Gasteiger partial charge in [0.2, 0.25) is 0 Å². The van der Waals surface area contributed by atoms with Crippen molar-refractivity contribution in [1.29, 1.82) is 0 Å². The standard InChI is InChI=1S/C14H19N3O/c1-10-7-11(2)13(12(3)8-10)14-16-15-9-17(14)5-6-18-4/h7-9H,5-6H2,1-4H3. The maximum Gasteiger partial charge on any atom is 0.164 e. The first-order valence-electron chi connectivity index (χ1n) is 6.08. The highest BCUT2D eigenvalue weighted by Crippen LogP contribution is 2.26. The van der Waals surface area contributed by atoms with E-state index in [0.29, 0.717) is 6.61 Å². The number of benzene rings is 1. The maximum atomic E-state index is 5.11. The summed E-state index contributed by atoms with van der Waals surface area (Å²) in [6.07, 6.45) is 1.76. The highest BCUT2D eigenvalue weighted by Gasteiger charge is 2.12. The minimum atomic E-state index is 0.662. The van der Waals surface area contributed by atoms with Crippen molar-refractivity contribution >= 4 is 0 Å². The predicted molar refractivity (Wildman–Crippen MR) is 71.5 cm³/mol. The Labute approximate surface area is 108 Å². The molecule has 18 heavy (non-hydrogen) atoms. The topological polar surface area (TPSA) is 39.9 Å². The zero-order valence-corrected chi connectivity index (χ0v) is 11.4. The van der Waals surface area contributed by atoms with Crippen LogP contribution >= 0.6 is 0 Å². The van der Waals surface area contributed by atoms with Crippen LogP contribution in [0.15, 0.2) is 18.5 Å². The fraction of sp³-hybridized carbons (Fsp3) is 0.429. The Hall–Kier alpha value is -1.68. The number of nitrogens with zero attached hydrogens (tertiary/aromatic N) is 3. The minimum absolute atomic E-state index is 0.662. The molecule has 0 aliphatic heterocycles. The largest absolute Gasteiger partial charge is 0.383 e. The van der Waals surface area contributed by atoms with Crippen LogP contribution in [0.4, 0.5) is 0 Å². The molecule has 1 aromatic heterocycles. The highest BCUT2D eigenvalue weighted by molar-refractivity contribution is 5.65. The number of rotatable bonds is 4. The van der Waals surface area contributed by atoms with Crippen LogP contribution in [-0.2, 0) is 11.3 Å². The fourth-order valence-corrected chi connectivity index (χ4v) is 2.33. The third-order valence-electron chi connectivity index (χ3n) is 3.05.